The molecule has 0 amide bonds. The summed E-state index contributed by atoms with van der Waals surface area (Å²) < 4.78 is 6.83. The van der Waals surface area contributed by atoms with Gasteiger partial charge in [0.15, 0.2) is 8.32 Å². The Labute approximate surface area is 137 Å². The van der Waals surface area contributed by atoms with Crippen LogP contribution in [0.5, 0.6) is 0 Å². The fourth-order valence-electron chi connectivity index (χ4n) is 3.36. The third-order valence-electron chi connectivity index (χ3n) is 5.71. The number of rotatable bonds is 4. The van der Waals surface area contributed by atoms with Gasteiger partial charge in [-0.15, -0.1) is 0 Å². The van der Waals surface area contributed by atoms with Gasteiger partial charge in [0.25, 0.3) is 0 Å². The summed E-state index contributed by atoms with van der Waals surface area (Å²) in [4.78, 5) is 0. The Kier molecular flexibility index (Phi) is 5.52. The minimum Gasteiger partial charge on any atom is -0.413 e. The van der Waals surface area contributed by atoms with E-state index in [1.54, 1.807) is 0 Å². The van der Waals surface area contributed by atoms with Crippen LogP contribution in [0.15, 0.2) is 30.3 Å². The van der Waals surface area contributed by atoms with Crippen molar-refractivity contribution in [3.63, 3.8) is 0 Å². The predicted molar refractivity (Wildman–Crippen MR) is 97.6 cm³/mol. The Bertz CT molecular complexity index is 466. The second-order valence-electron chi connectivity index (χ2n) is 8.28. The van der Waals surface area contributed by atoms with E-state index >= 15 is 0 Å². The Balaban J connectivity index is 2.27. The van der Waals surface area contributed by atoms with Crippen molar-refractivity contribution in [2.45, 2.75) is 70.2 Å². The molecule has 1 fully saturated rings. The lowest BCUT2D eigenvalue weighted by Gasteiger charge is -2.45. The van der Waals surface area contributed by atoms with Crippen LogP contribution in [0.25, 0.3) is 0 Å². The van der Waals surface area contributed by atoms with Crippen molar-refractivity contribution in [3.8, 4) is 0 Å². The van der Waals surface area contributed by atoms with Gasteiger partial charge in [-0.25, -0.2) is 0 Å². The summed E-state index contributed by atoms with van der Waals surface area (Å²) in [5.74, 6) is 1.000. The van der Waals surface area contributed by atoms with Gasteiger partial charge < -0.3 is 10.2 Å². The van der Waals surface area contributed by atoms with Gasteiger partial charge in [-0.3, -0.25) is 0 Å². The van der Waals surface area contributed by atoms with Crippen LogP contribution >= 0.6 is 0 Å². The van der Waals surface area contributed by atoms with Gasteiger partial charge in [-0.05, 0) is 49.0 Å². The van der Waals surface area contributed by atoms with Crippen molar-refractivity contribution in [1.82, 2.24) is 0 Å². The quantitative estimate of drug-likeness (QED) is 0.799. The highest BCUT2D eigenvalue weighted by Crippen LogP contribution is 2.44. The minimum absolute atomic E-state index is 0.254. The molecular formula is C19H33NOSi. The first-order chi connectivity index (χ1) is 10.3. The molecule has 2 N–H and O–H groups in total. The molecule has 124 valence electrons. The SMILES string of the molecule is CC(C)(C)[Si](C)(C)O[C@H]1CCCC(CN)[C@H]1c1ccccc1. The van der Waals surface area contributed by atoms with Crippen LogP contribution in [0.1, 0.15) is 51.5 Å². The fraction of sp³-hybridized carbons (Fsp3) is 0.684. The van der Waals surface area contributed by atoms with Crippen molar-refractivity contribution in [1.29, 1.82) is 0 Å². The number of hydrogen-bond acceptors (Lipinski definition) is 2. The second kappa shape index (κ2) is 6.86. The molecule has 1 aromatic rings. The molecule has 0 radical (unpaired) electrons. The molecule has 0 aliphatic heterocycles. The van der Waals surface area contributed by atoms with Crippen molar-refractivity contribution in [3.05, 3.63) is 35.9 Å². The van der Waals surface area contributed by atoms with E-state index in [4.69, 9.17) is 10.2 Å². The normalized spacial score (nSPS) is 26.9. The Morgan fingerprint density at radius 1 is 1.14 bits per heavy atom. The van der Waals surface area contributed by atoms with E-state index in [1.807, 2.05) is 0 Å². The summed E-state index contributed by atoms with van der Waals surface area (Å²) in [7, 11) is -1.75. The first-order valence-corrected chi connectivity index (χ1v) is 11.6. The summed E-state index contributed by atoms with van der Waals surface area (Å²) in [6.45, 7) is 12.4. The van der Waals surface area contributed by atoms with E-state index < -0.39 is 8.32 Å². The average molecular weight is 320 g/mol. The lowest BCUT2D eigenvalue weighted by molar-refractivity contribution is 0.0842. The van der Waals surface area contributed by atoms with Crippen LogP contribution < -0.4 is 5.73 Å². The second-order valence-corrected chi connectivity index (χ2v) is 13.0. The maximum absolute atomic E-state index is 6.83. The third kappa shape index (κ3) is 3.81. The molecule has 1 aliphatic rings. The van der Waals surface area contributed by atoms with Crippen molar-refractivity contribution in [2.24, 2.45) is 11.7 Å². The van der Waals surface area contributed by atoms with Gasteiger partial charge in [0.05, 0.1) is 6.10 Å². The molecule has 2 rings (SSSR count). The van der Waals surface area contributed by atoms with Gasteiger partial charge in [0.2, 0.25) is 0 Å². The Morgan fingerprint density at radius 2 is 1.77 bits per heavy atom. The molecule has 1 saturated carbocycles. The van der Waals surface area contributed by atoms with Gasteiger partial charge in [-0.2, -0.15) is 0 Å². The number of benzene rings is 1. The van der Waals surface area contributed by atoms with Crippen molar-refractivity contribution in [2.75, 3.05) is 6.54 Å². The molecule has 3 atom stereocenters. The standard InChI is InChI=1S/C19H33NOSi/c1-19(2,3)22(4,5)21-17-13-9-12-16(14-20)18(17)15-10-7-6-8-11-15/h6-8,10-11,16-18H,9,12-14,20H2,1-5H3/t16?,17-,18+/m0/s1. The summed E-state index contributed by atoms with van der Waals surface area (Å²) >= 11 is 0. The fourth-order valence-corrected chi connectivity index (χ4v) is 4.73. The number of hydrogen-bond donors (Lipinski definition) is 1. The monoisotopic (exact) mass is 319 g/mol. The van der Waals surface area contributed by atoms with Crippen LogP contribution in [0, 0.1) is 5.92 Å². The highest BCUT2D eigenvalue weighted by molar-refractivity contribution is 6.74. The molecule has 2 nitrogen and oxygen atoms in total. The highest BCUT2D eigenvalue weighted by atomic mass is 28.4. The highest BCUT2D eigenvalue weighted by Gasteiger charge is 2.43. The summed E-state index contributed by atoms with van der Waals surface area (Å²) in [5.41, 5.74) is 7.50. The van der Waals surface area contributed by atoms with Crippen LogP contribution in [-0.4, -0.2) is 21.0 Å². The zero-order valence-corrected chi connectivity index (χ0v) is 15.9. The Hall–Kier alpha value is -0.643. The summed E-state index contributed by atoms with van der Waals surface area (Å²) in [6, 6.07) is 10.9. The largest absolute Gasteiger partial charge is 0.413 e. The van der Waals surface area contributed by atoms with E-state index in [-0.39, 0.29) is 5.04 Å². The van der Waals surface area contributed by atoms with Crippen molar-refractivity contribution < 1.29 is 4.43 Å². The molecule has 1 aromatic carbocycles. The van der Waals surface area contributed by atoms with Crippen LogP contribution in [0.2, 0.25) is 18.1 Å². The average Bonchev–Trinajstić information content (AvgIpc) is 2.46. The van der Waals surface area contributed by atoms with Gasteiger partial charge in [0, 0.05) is 5.92 Å². The van der Waals surface area contributed by atoms with Crippen LogP contribution in [0.3, 0.4) is 0 Å². The maximum Gasteiger partial charge on any atom is 0.192 e. The molecule has 0 aromatic heterocycles. The van der Waals surface area contributed by atoms with E-state index in [0.29, 0.717) is 17.9 Å². The van der Waals surface area contributed by atoms with Gasteiger partial charge in [-0.1, -0.05) is 57.5 Å². The first kappa shape index (κ1) is 17.7. The van der Waals surface area contributed by atoms with Crippen LogP contribution in [-0.2, 0) is 4.43 Å². The summed E-state index contributed by atoms with van der Waals surface area (Å²) in [5, 5.41) is 0.254. The Morgan fingerprint density at radius 3 is 2.32 bits per heavy atom. The molecule has 0 spiro atoms. The maximum atomic E-state index is 6.83. The predicted octanol–water partition coefficient (Wildman–Crippen LogP) is 4.92. The van der Waals surface area contributed by atoms with Gasteiger partial charge in [0.1, 0.15) is 0 Å². The van der Waals surface area contributed by atoms with E-state index in [1.165, 1.54) is 24.8 Å². The van der Waals surface area contributed by atoms with E-state index in [0.717, 1.165) is 6.54 Å². The molecule has 0 heterocycles. The molecule has 1 unspecified atom stereocenters. The minimum atomic E-state index is -1.75. The zero-order chi connectivity index (χ0) is 16.4. The number of nitrogens with two attached hydrogens (primary N) is 1. The van der Waals surface area contributed by atoms with Gasteiger partial charge >= 0.3 is 0 Å². The first-order valence-electron chi connectivity index (χ1n) is 8.69. The van der Waals surface area contributed by atoms with E-state index in [2.05, 4.69) is 64.2 Å². The lowest BCUT2D eigenvalue weighted by atomic mass is 9.74. The molecule has 1 aliphatic carbocycles. The smallest absolute Gasteiger partial charge is 0.192 e. The third-order valence-corrected chi connectivity index (χ3v) is 10.2. The molecule has 0 bridgehead atoms. The lowest BCUT2D eigenvalue weighted by Crippen LogP contribution is -2.48. The topological polar surface area (TPSA) is 35.2 Å². The molecule has 22 heavy (non-hydrogen) atoms. The summed E-state index contributed by atoms with van der Waals surface area (Å²) in [6.07, 6.45) is 3.96. The zero-order valence-electron chi connectivity index (χ0n) is 14.9. The molecule has 0 saturated heterocycles. The van der Waals surface area contributed by atoms with Crippen molar-refractivity contribution >= 4 is 8.32 Å². The van der Waals surface area contributed by atoms with E-state index in [9.17, 15) is 0 Å². The molecular weight excluding hydrogens is 286 g/mol. The van der Waals surface area contributed by atoms with Crippen LogP contribution in [0.4, 0.5) is 0 Å². The molecule has 3 heteroatoms.